The Hall–Kier alpha value is -4.35. The first-order valence-electron chi connectivity index (χ1n) is 12.8. The number of thioether (sulfide) groups is 1. The molecule has 0 aromatic heterocycles. The zero-order chi connectivity index (χ0) is 27.0. The van der Waals surface area contributed by atoms with Gasteiger partial charge in [0.05, 0.1) is 23.7 Å². The molecule has 0 fully saturated rings. The van der Waals surface area contributed by atoms with Gasteiger partial charge in [0.15, 0.2) is 11.4 Å². The fourth-order valence-corrected chi connectivity index (χ4v) is 6.34. The Morgan fingerprint density at radius 2 is 1.95 bits per heavy atom. The molecule has 1 unspecified atom stereocenters. The predicted molar refractivity (Wildman–Crippen MR) is 152 cm³/mol. The summed E-state index contributed by atoms with van der Waals surface area (Å²) in [6, 6.07) is 21.2. The van der Waals surface area contributed by atoms with Crippen molar-refractivity contribution in [2.75, 3.05) is 19.0 Å². The highest BCUT2D eigenvalue weighted by Crippen LogP contribution is 2.52. The molecular formula is C31H26N4O3S. The Labute approximate surface area is 231 Å². The van der Waals surface area contributed by atoms with Gasteiger partial charge in [-0.1, -0.05) is 30.3 Å². The summed E-state index contributed by atoms with van der Waals surface area (Å²) < 4.78 is 5.47. The van der Waals surface area contributed by atoms with Crippen LogP contribution < -0.4 is 15.4 Å². The van der Waals surface area contributed by atoms with Crippen LogP contribution in [0.5, 0.6) is 5.75 Å². The van der Waals surface area contributed by atoms with Gasteiger partial charge in [0.25, 0.3) is 5.91 Å². The van der Waals surface area contributed by atoms with Crippen LogP contribution in [0, 0.1) is 12.3 Å². The van der Waals surface area contributed by atoms with Gasteiger partial charge in [-0.05, 0) is 42.0 Å². The van der Waals surface area contributed by atoms with Crippen LogP contribution >= 0.6 is 11.8 Å². The molecule has 2 aliphatic heterocycles. The second-order valence-electron chi connectivity index (χ2n) is 9.67. The van der Waals surface area contributed by atoms with Gasteiger partial charge < -0.3 is 15.4 Å². The molecule has 7 nitrogen and oxygen atoms in total. The normalized spacial score (nSPS) is 17.7. The number of amides is 1. The summed E-state index contributed by atoms with van der Waals surface area (Å²) in [6.07, 6.45) is 7.24. The summed E-state index contributed by atoms with van der Waals surface area (Å²) in [7, 11) is 1.63. The molecular weight excluding hydrogens is 508 g/mol. The van der Waals surface area contributed by atoms with Crippen LogP contribution in [-0.4, -0.2) is 31.0 Å². The maximum absolute atomic E-state index is 14.0. The van der Waals surface area contributed by atoms with Gasteiger partial charge in [-0.25, -0.2) is 0 Å². The molecule has 3 aromatic carbocycles. The van der Waals surface area contributed by atoms with Crippen molar-refractivity contribution < 1.29 is 14.3 Å². The molecule has 1 amide bonds. The molecule has 1 atom stereocenters. The summed E-state index contributed by atoms with van der Waals surface area (Å²) in [5.74, 6) is 3.02. The Balaban J connectivity index is 1.28. The third-order valence-corrected chi connectivity index (χ3v) is 8.58. The number of rotatable bonds is 8. The smallest absolute Gasteiger partial charge is 0.251 e. The predicted octanol–water partition coefficient (Wildman–Crippen LogP) is 6.26. The van der Waals surface area contributed by atoms with E-state index in [0.717, 1.165) is 33.2 Å². The van der Waals surface area contributed by atoms with Crippen molar-refractivity contribution in [2.24, 2.45) is 10.2 Å². The van der Waals surface area contributed by atoms with Gasteiger partial charge in [-0.2, -0.15) is 10.2 Å². The number of nitrogens with one attached hydrogen (secondary N) is 2. The minimum atomic E-state index is -0.455. The van der Waals surface area contributed by atoms with E-state index >= 15 is 0 Å². The highest BCUT2D eigenvalue weighted by atomic mass is 32.2. The topological polar surface area (TPSA) is 92.2 Å². The third-order valence-electron chi connectivity index (χ3n) is 7.22. The average Bonchev–Trinajstić information content (AvgIpc) is 3.72. The summed E-state index contributed by atoms with van der Waals surface area (Å²) in [5.41, 5.74) is 4.66. The number of methoxy groups -OCH3 is 1. The molecule has 1 aliphatic carbocycles. The summed E-state index contributed by atoms with van der Waals surface area (Å²) >= 11 is 1.63. The van der Waals surface area contributed by atoms with Crippen molar-refractivity contribution in [1.82, 2.24) is 5.32 Å². The van der Waals surface area contributed by atoms with Gasteiger partial charge in [0, 0.05) is 53.0 Å². The molecule has 0 radical (unpaired) electrons. The molecule has 2 heterocycles. The van der Waals surface area contributed by atoms with E-state index in [9.17, 15) is 9.59 Å². The molecule has 0 bridgehead atoms. The Bertz CT molecular complexity index is 1600. The molecule has 39 heavy (non-hydrogen) atoms. The van der Waals surface area contributed by atoms with Crippen LogP contribution in [0.3, 0.4) is 0 Å². The van der Waals surface area contributed by atoms with Crippen molar-refractivity contribution in [3.05, 3.63) is 94.6 Å². The molecule has 3 aliphatic rings. The fraction of sp³-hybridized carbons (Fsp3) is 0.226. The molecule has 3 aromatic rings. The summed E-state index contributed by atoms with van der Waals surface area (Å²) in [6.45, 7) is 0.420. The third kappa shape index (κ3) is 4.70. The van der Waals surface area contributed by atoms with Gasteiger partial charge in [-0.15, -0.1) is 24.1 Å². The lowest BCUT2D eigenvalue weighted by Crippen LogP contribution is -2.28. The minimum Gasteiger partial charge on any atom is -0.497 e. The largest absolute Gasteiger partial charge is 0.497 e. The molecule has 0 saturated heterocycles. The quantitative estimate of drug-likeness (QED) is 0.333. The maximum atomic E-state index is 14.0. The summed E-state index contributed by atoms with van der Waals surface area (Å²) in [4.78, 5) is 28.0. The Morgan fingerprint density at radius 3 is 2.74 bits per heavy atom. The fourth-order valence-electron chi connectivity index (χ4n) is 5.06. The second-order valence-corrected chi connectivity index (χ2v) is 10.8. The molecule has 6 rings (SSSR count). The van der Waals surface area contributed by atoms with Crippen LogP contribution in [0.2, 0.25) is 0 Å². The van der Waals surface area contributed by atoms with Crippen LogP contribution in [0.1, 0.15) is 56.4 Å². The van der Waals surface area contributed by atoms with E-state index in [2.05, 4.69) is 32.8 Å². The number of anilines is 1. The van der Waals surface area contributed by atoms with Crippen molar-refractivity contribution in [3.63, 3.8) is 0 Å². The number of carbonyl (C=O) groups excluding carboxylic acids is 2. The number of carbonyl (C=O) groups is 2. The van der Waals surface area contributed by atoms with Crippen LogP contribution in [-0.2, 0) is 0 Å². The number of nitrogens with zero attached hydrogens (tertiary/aromatic N) is 2. The number of benzene rings is 3. The molecule has 8 heteroatoms. The first-order valence-corrected chi connectivity index (χ1v) is 13.7. The number of fused-ring (bicyclic) bond motifs is 3. The van der Waals surface area contributed by atoms with Crippen molar-refractivity contribution in [1.29, 1.82) is 0 Å². The van der Waals surface area contributed by atoms with E-state index in [4.69, 9.17) is 11.2 Å². The zero-order valence-electron chi connectivity index (χ0n) is 21.4. The van der Waals surface area contributed by atoms with Gasteiger partial charge in [0.1, 0.15) is 5.75 Å². The SMILES string of the molecule is C#CCCC1(CCNC(=O)c2ccc3c(c2)C(=O)C2=C3Nc3ccccc3SC2c2cccc(OC)c2)N=N1. The first kappa shape index (κ1) is 25.0. The van der Waals surface area contributed by atoms with Crippen LogP contribution in [0.4, 0.5) is 5.69 Å². The number of ether oxygens (including phenoxy) is 1. The zero-order valence-corrected chi connectivity index (χ0v) is 22.2. The monoisotopic (exact) mass is 534 g/mol. The highest BCUT2D eigenvalue weighted by Gasteiger charge is 2.40. The lowest BCUT2D eigenvalue weighted by molar-refractivity contribution is 0.0952. The lowest BCUT2D eigenvalue weighted by Gasteiger charge is -2.18. The van der Waals surface area contributed by atoms with Crippen LogP contribution in [0.15, 0.2) is 87.4 Å². The molecule has 194 valence electrons. The lowest BCUT2D eigenvalue weighted by atomic mass is 10.00. The number of ketones is 1. The van der Waals surface area contributed by atoms with Crippen molar-refractivity contribution in [3.8, 4) is 18.1 Å². The Morgan fingerprint density at radius 1 is 1.10 bits per heavy atom. The minimum absolute atomic E-state index is 0.0842. The number of para-hydroxylation sites is 1. The van der Waals surface area contributed by atoms with E-state index in [1.54, 1.807) is 31.0 Å². The molecule has 0 spiro atoms. The van der Waals surface area contributed by atoms with Crippen molar-refractivity contribution in [2.45, 2.75) is 35.1 Å². The van der Waals surface area contributed by atoms with Crippen LogP contribution in [0.25, 0.3) is 5.70 Å². The Kier molecular flexibility index (Phi) is 6.45. The number of hydrogen-bond acceptors (Lipinski definition) is 7. The van der Waals surface area contributed by atoms with Gasteiger partial charge in [0.2, 0.25) is 0 Å². The number of hydrogen-bond donors (Lipinski definition) is 2. The van der Waals surface area contributed by atoms with E-state index < -0.39 is 5.66 Å². The molecule has 0 saturated carbocycles. The molecule has 2 N–H and O–H groups in total. The van der Waals surface area contributed by atoms with Gasteiger partial charge >= 0.3 is 0 Å². The maximum Gasteiger partial charge on any atom is 0.251 e. The highest BCUT2D eigenvalue weighted by molar-refractivity contribution is 8.00. The first-order chi connectivity index (χ1) is 19.0. The summed E-state index contributed by atoms with van der Waals surface area (Å²) in [5, 5.41) is 14.5. The van der Waals surface area contributed by atoms with E-state index in [1.807, 2.05) is 48.5 Å². The number of terminal acetylenes is 1. The second kappa shape index (κ2) is 10.1. The van der Waals surface area contributed by atoms with E-state index in [0.29, 0.717) is 42.5 Å². The average molecular weight is 535 g/mol. The van der Waals surface area contributed by atoms with Crippen molar-refractivity contribution >= 4 is 34.8 Å². The van der Waals surface area contributed by atoms with E-state index in [-0.39, 0.29) is 16.9 Å². The van der Waals surface area contributed by atoms with Gasteiger partial charge in [-0.3, -0.25) is 9.59 Å². The van der Waals surface area contributed by atoms with E-state index in [1.165, 1.54) is 0 Å². The number of Topliss-reactive ketones (excluding diaryl/α,β-unsaturated/α-hetero) is 1. The standard InChI is InChI=1S/C31H26N4O3S/c1-3-4-14-31(34-35-31)15-16-32-30(37)20-12-13-22-23(18-20)28(36)26-27(22)33-24-10-5-6-11-25(24)39-29(26)19-8-7-9-21(17-19)38-2/h1,5-13,17-18,29,33H,4,14-16H2,2H3,(H,32,37).